The number of likely N-dealkylation sites (tertiary alicyclic amines) is 1. The van der Waals surface area contributed by atoms with Gasteiger partial charge in [-0.3, -0.25) is 4.99 Å². The molecule has 6 heteroatoms. The molecule has 0 atom stereocenters. The molecule has 3 N–H and O–H groups in total. The molecule has 148 valence electrons. The Morgan fingerprint density at radius 2 is 1.96 bits per heavy atom. The summed E-state index contributed by atoms with van der Waals surface area (Å²) in [5.41, 5.74) is 7.27. The number of benzene rings is 1. The van der Waals surface area contributed by atoms with E-state index in [1.165, 1.54) is 50.9 Å². The van der Waals surface area contributed by atoms with Crippen LogP contribution in [0.3, 0.4) is 0 Å². The van der Waals surface area contributed by atoms with Crippen LogP contribution in [0.25, 0.3) is 0 Å². The second kappa shape index (κ2) is 14.2. The number of halogens is 1. The van der Waals surface area contributed by atoms with Gasteiger partial charge in [0, 0.05) is 20.2 Å². The lowest BCUT2D eigenvalue weighted by atomic mass is 9.90. The molecule has 5 nitrogen and oxygen atoms in total. The average molecular weight is 474 g/mol. The maximum atomic E-state index is 5.79. The zero-order valence-electron chi connectivity index (χ0n) is 16.0. The minimum absolute atomic E-state index is 0. The number of nitrogens with two attached hydrogens (primary N) is 1. The van der Waals surface area contributed by atoms with Gasteiger partial charge in [-0.1, -0.05) is 30.3 Å². The minimum atomic E-state index is 0. The van der Waals surface area contributed by atoms with E-state index in [9.17, 15) is 0 Å². The molecule has 1 fully saturated rings. The fourth-order valence-corrected chi connectivity index (χ4v) is 3.35. The number of guanidine groups is 1. The SMILES string of the molecule is COCCNC(N)=NCCCCN1CCC(Cc2ccccc2)CC1.I. The summed E-state index contributed by atoms with van der Waals surface area (Å²) < 4.78 is 4.96. The molecule has 0 unspecified atom stereocenters. The van der Waals surface area contributed by atoms with Crippen LogP contribution in [-0.4, -0.2) is 57.3 Å². The average Bonchev–Trinajstić information content (AvgIpc) is 2.64. The van der Waals surface area contributed by atoms with E-state index in [2.05, 4.69) is 45.5 Å². The number of methoxy groups -OCH3 is 1. The van der Waals surface area contributed by atoms with Crippen LogP contribution in [0.15, 0.2) is 35.3 Å². The molecule has 0 aromatic heterocycles. The number of ether oxygens (including phenoxy) is 1. The predicted molar refractivity (Wildman–Crippen MR) is 120 cm³/mol. The molecular weight excluding hydrogens is 439 g/mol. The number of hydrogen-bond acceptors (Lipinski definition) is 3. The molecule has 0 aliphatic carbocycles. The van der Waals surface area contributed by atoms with Crippen molar-refractivity contribution in [2.24, 2.45) is 16.6 Å². The van der Waals surface area contributed by atoms with Crippen molar-refractivity contribution in [1.29, 1.82) is 0 Å². The van der Waals surface area contributed by atoms with Crippen molar-refractivity contribution in [2.75, 3.05) is 46.4 Å². The van der Waals surface area contributed by atoms with Gasteiger partial charge in [-0.25, -0.2) is 0 Å². The first kappa shape index (κ1) is 23.2. The van der Waals surface area contributed by atoms with Crippen LogP contribution in [0.4, 0.5) is 0 Å². The van der Waals surface area contributed by atoms with Gasteiger partial charge in [-0.15, -0.1) is 24.0 Å². The van der Waals surface area contributed by atoms with Crippen molar-refractivity contribution in [2.45, 2.75) is 32.1 Å². The van der Waals surface area contributed by atoms with E-state index in [4.69, 9.17) is 10.5 Å². The summed E-state index contributed by atoms with van der Waals surface area (Å²) in [4.78, 5) is 6.95. The summed E-state index contributed by atoms with van der Waals surface area (Å²) in [7, 11) is 1.68. The van der Waals surface area contributed by atoms with E-state index in [1.54, 1.807) is 7.11 Å². The van der Waals surface area contributed by atoms with Crippen LogP contribution < -0.4 is 11.1 Å². The third kappa shape index (κ3) is 9.73. The van der Waals surface area contributed by atoms with Gasteiger partial charge in [0.25, 0.3) is 0 Å². The number of piperidine rings is 1. The second-order valence-electron chi connectivity index (χ2n) is 6.87. The van der Waals surface area contributed by atoms with Crippen molar-refractivity contribution < 1.29 is 4.74 Å². The molecule has 1 heterocycles. The Hall–Kier alpha value is -0.860. The molecule has 0 spiro atoms. The number of nitrogens with zero attached hydrogens (tertiary/aromatic N) is 2. The second-order valence-corrected chi connectivity index (χ2v) is 6.87. The molecule has 26 heavy (non-hydrogen) atoms. The van der Waals surface area contributed by atoms with Crippen LogP contribution in [-0.2, 0) is 11.2 Å². The lowest BCUT2D eigenvalue weighted by Crippen LogP contribution is -2.35. The lowest BCUT2D eigenvalue weighted by molar-refractivity contribution is 0.181. The highest BCUT2D eigenvalue weighted by Crippen LogP contribution is 2.21. The van der Waals surface area contributed by atoms with Gasteiger partial charge >= 0.3 is 0 Å². The van der Waals surface area contributed by atoms with Crippen LogP contribution in [0, 0.1) is 5.92 Å². The zero-order chi connectivity index (χ0) is 17.7. The van der Waals surface area contributed by atoms with Crippen LogP contribution in [0.5, 0.6) is 0 Å². The standard InChI is InChI=1S/C20H34N4O.HI/c1-25-16-12-23-20(21)22-11-5-6-13-24-14-9-19(10-15-24)17-18-7-3-2-4-8-18;/h2-4,7-8,19H,5-6,9-17H2,1H3,(H3,21,22,23);1H. The molecule has 0 bridgehead atoms. The highest BCUT2D eigenvalue weighted by atomic mass is 127. The molecule has 0 saturated carbocycles. The molecule has 0 amide bonds. The van der Waals surface area contributed by atoms with Gasteiger partial charge < -0.3 is 20.7 Å². The fraction of sp³-hybridized carbons (Fsp3) is 0.650. The molecular formula is C20H35IN4O. The zero-order valence-corrected chi connectivity index (χ0v) is 18.4. The Morgan fingerprint density at radius 1 is 1.23 bits per heavy atom. The van der Waals surface area contributed by atoms with Gasteiger partial charge in [-0.05, 0) is 63.2 Å². The summed E-state index contributed by atoms with van der Waals surface area (Å²) in [5.74, 6) is 1.37. The number of hydrogen-bond donors (Lipinski definition) is 2. The van der Waals surface area contributed by atoms with Gasteiger partial charge in [0.05, 0.1) is 6.61 Å². The van der Waals surface area contributed by atoms with Crippen molar-refractivity contribution in [3.8, 4) is 0 Å². The predicted octanol–water partition coefficient (Wildman–Crippen LogP) is 2.89. The number of unbranched alkanes of at least 4 members (excludes halogenated alkanes) is 1. The van der Waals surface area contributed by atoms with Gasteiger partial charge in [0.1, 0.15) is 0 Å². The Labute approximate surface area is 175 Å². The molecule has 1 aromatic carbocycles. The normalized spacial score (nSPS) is 16.3. The third-order valence-electron chi connectivity index (χ3n) is 4.85. The molecule has 0 radical (unpaired) electrons. The largest absolute Gasteiger partial charge is 0.383 e. The van der Waals surface area contributed by atoms with E-state index in [0.717, 1.165) is 18.9 Å². The molecule has 1 aromatic rings. The van der Waals surface area contributed by atoms with Gasteiger partial charge in [-0.2, -0.15) is 0 Å². The molecule has 1 aliphatic rings. The van der Waals surface area contributed by atoms with Crippen molar-refractivity contribution in [1.82, 2.24) is 10.2 Å². The highest BCUT2D eigenvalue weighted by molar-refractivity contribution is 14.0. The summed E-state index contributed by atoms with van der Waals surface area (Å²) in [5, 5.41) is 3.04. The van der Waals surface area contributed by atoms with E-state index in [1.807, 2.05) is 0 Å². The number of aliphatic imine (C=N–C) groups is 1. The molecule has 2 rings (SSSR count). The maximum Gasteiger partial charge on any atom is 0.188 e. The maximum absolute atomic E-state index is 5.79. The summed E-state index contributed by atoms with van der Waals surface area (Å²) in [6.45, 7) is 5.82. The van der Waals surface area contributed by atoms with Crippen molar-refractivity contribution in [3.05, 3.63) is 35.9 Å². The van der Waals surface area contributed by atoms with E-state index in [0.29, 0.717) is 19.1 Å². The van der Waals surface area contributed by atoms with Crippen LogP contribution in [0.2, 0.25) is 0 Å². The van der Waals surface area contributed by atoms with Crippen LogP contribution >= 0.6 is 24.0 Å². The first-order valence-electron chi connectivity index (χ1n) is 9.57. The van der Waals surface area contributed by atoms with Crippen molar-refractivity contribution >= 4 is 29.9 Å². The van der Waals surface area contributed by atoms with E-state index < -0.39 is 0 Å². The summed E-state index contributed by atoms with van der Waals surface area (Å²) in [6.07, 6.45) is 6.17. The van der Waals surface area contributed by atoms with E-state index >= 15 is 0 Å². The molecule has 1 aliphatic heterocycles. The quantitative estimate of drug-likeness (QED) is 0.237. The Balaban J connectivity index is 0.00000338. The third-order valence-corrected chi connectivity index (χ3v) is 4.85. The van der Waals surface area contributed by atoms with E-state index in [-0.39, 0.29) is 24.0 Å². The summed E-state index contributed by atoms with van der Waals surface area (Å²) in [6, 6.07) is 10.9. The fourth-order valence-electron chi connectivity index (χ4n) is 3.35. The van der Waals surface area contributed by atoms with Crippen LogP contribution in [0.1, 0.15) is 31.2 Å². The smallest absolute Gasteiger partial charge is 0.188 e. The molecule has 1 saturated heterocycles. The van der Waals surface area contributed by atoms with Gasteiger partial charge in [0.2, 0.25) is 0 Å². The Kier molecular flexibility index (Phi) is 12.7. The lowest BCUT2D eigenvalue weighted by Gasteiger charge is -2.32. The minimum Gasteiger partial charge on any atom is -0.383 e. The topological polar surface area (TPSA) is 62.9 Å². The summed E-state index contributed by atoms with van der Waals surface area (Å²) >= 11 is 0. The van der Waals surface area contributed by atoms with Crippen molar-refractivity contribution in [3.63, 3.8) is 0 Å². The monoisotopic (exact) mass is 474 g/mol. The first-order valence-corrected chi connectivity index (χ1v) is 9.57. The highest BCUT2D eigenvalue weighted by Gasteiger charge is 2.18. The number of nitrogens with one attached hydrogen (secondary N) is 1. The van der Waals surface area contributed by atoms with Gasteiger partial charge in [0.15, 0.2) is 5.96 Å². The Bertz CT molecular complexity index is 490. The number of rotatable bonds is 10. The Morgan fingerprint density at radius 3 is 2.65 bits per heavy atom. The first-order chi connectivity index (χ1) is 12.3.